The highest BCUT2D eigenvalue weighted by Crippen LogP contribution is 2.21. The number of nitrogens with one attached hydrogen (secondary N) is 2. The van der Waals surface area contributed by atoms with Gasteiger partial charge >= 0.3 is 0 Å². The lowest BCUT2D eigenvalue weighted by Gasteiger charge is -2.06. The van der Waals surface area contributed by atoms with Crippen LogP contribution in [0.2, 0.25) is 5.15 Å². The number of pyridine rings is 1. The van der Waals surface area contributed by atoms with Gasteiger partial charge in [-0.05, 0) is 23.1 Å². The van der Waals surface area contributed by atoms with Gasteiger partial charge < -0.3 is 10.7 Å². The summed E-state index contributed by atoms with van der Waals surface area (Å²) in [5, 5.41) is 12.0. The van der Waals surface area contributed by atoms with E-state index >= 15 is 0 Å². The van der Waals surface area contributed by atoms with Crippen LogP contribution in [-0.2, 0) is 0 Å². The second-order valence-electron chi connectivity index (χ2n) is 4.11. The first kappa shape index (κ1) is 14.4. The Balaban J connectivity index is 2.32. The van der Waals surface area contributed by atoms with E-state index in [0.29, 0.717) is 10.7 Å². The fraction of sp³-hybridized carbons (Fsp3) is 0.143. The van der Waals surface area contributed by atoms with Crippen LogP contribution in [0.4, 0.5) is 8.78 Å². The van der Waals surface area contributed by atoms with E-state index in [4.69, 9.17) is 17.0 Å². The van der Waals surface area contributed by atoms with Gasteiger partial charge in [-0.25, -0.2) is 13.8 Å². The highest BCUT2D eigenvalue weighted by Gasteiger charge is 2.03. The van der Waals surface area contributed by atoms with Crippen LogP contribution >= 0.6 is 11.6 Å². The summed E-state index contributed by atoms with van der Waals surface area (Å²) in [6.45, 7) is -0.444. The zero-order chi connectivity index (χ0) is 14.5. The number of aromatic nitrogens is 1. The smallest absolute Gasteiger partial charge is 0.255 e. The third-order valence-electron chi connectivity index (χ3n) is 2.71. The van der Waals surface area contributed by atoms with Crippen LogP contribution in [0.15, 0.2) is 36.7 Å². The molecule has 0 spiro atoms. The van der Waals surface area contributed by atoms with Crippen LogP contribution < -0.4 is 5.32 Å². The molecule has 2 N–H and O–H groups in total. The highest BCUT2D eigenvalue weighted by molar-refractivity contribution is 6.30. The van der Waals surface area contributed by atoms with Crippen molar-refractivity contribution in [3.8, 4) is 0 Å². The van der Waals surface area contributed by atoms with E-state index in [1.165, 1.54) is 6.20 Å². The molecule has 3 nitrogen and oxygen atoms in total. The maximum atomic E-state index is 12.1. The van der Waals surface area contributed by atoms with Gasteiger partial charge in [0.25, 0.3) is 6.43 Å². The van der Waals surface area contributed by atoms with E-state index in [2.05, 4.69) is 10.3 Å². The van der Waals surface area contributed by atoms with E-state index in [-0.39, 0.29) is 0 Å². The number of hydrogen-bond donors (Lipinski definition) is 2. The number of benzene rings is 1. The van der Waals surface area contributed by atoms with Gasteiger partial charge in [0.05, 0.1) is 6.54 Å². The zero-order valence-corrected chi connectivity index (χ0v) is 11.2. The first-order valence-corrected chi connectivity index (χ1v) is 6.26. The van der Waals surface area contributed by atoms with Gasteiger partial charge in [-0.3, -0.25) is 0 Å². The van der Waals surface area contributed by atoms with E-state index in [1.807, 2.05) is 12.1 Å². The second kappa shape index (κ2) is 6.43. The average molecular weight is 296 g/mol. The number of fused-ring (bicyclic) bond motifs is 1. The monoisotopic (exact) mass is 295 g/mol. The number of rotatable bonds is 5. The van der Waals surface area contributed by atoms with Gasteiger partial charge in [-0.2, -0.15) is 0 Å². The lowest BCUT2D eigenvalue weighted by Crippen LogP contribution is -2.15. The second-order valence-corrected chi connectivity index (χ2v) is 4.50. The number of alkyl halides is 2. The average Bonchev–Trinajstić information content (AvgIpc) is 2.42. The molecule has 0 aliphatic carbocycles. The molecule has 1 aromatic carbocycles. The minimum Gasteiger partial charge on any atom is -0.385 e. The molecule has 2 rings (SSSR count). The molecule has 1 aromatic heterocycles. The highest BCUT2D eigenvalue weighted by atomic mass is 35.5. The molecule has 0 aliphatic rings. The molecule has 1 heterocycles. The molecule has 2 aromatic rings. The molecule has 0 fully saturated rings. The van der Waals surface area contributed by atoms with Crippen LogP contribution in [0.5, 0.6) is 0 Å². The molecular weight excluding hydrogens is 284 g/mol. The summed E-state index contributed by atoms with van der Waals surface area (Å²) in [5.74, 6) is 0. The normalized spacial score (nSPS) is 11.9. The van der Waals surface area contributed by atoms with E-state index in [1.54, 1.807) is 18.3 Å². The van der Waals surface area contributed by atoms with Crippen molar-refractivity contribution in [1.29, 1.82) is 5.41 Å². The maximum absolute atomic E-state index is 12.1. The third kappa shape index (κ3) is 3.51. The minimum atomic E-state index is -2.43. The van der Waals surface area contributed by atoms with Gasteiger partial charge in [0.2, 0.25) is 0 Å². The van der Waals surface area contributed by atoms with Crippen LogP contribution in [0.3, 0.4) is 0 Å². The lowest BCUT2D eigenvalue weighted by atomic mass is 10.0. The van der Waals surface area contributed by atoms with Crippen LogP contribution in [-0.4, -0.2) is 24.2 Å². The van der Waals surface area contributed by atoms with Crippen molar-refractivity contribution < 1.29 is 8.78 Å². The summed E-state index contributed by atoms with van der Waals surface area (Å²) in [6.07, 6.45) is 1.75. The molecule has 0 amide bonds. The minimum absolute atomic E-state index is 0.380. The molecule has 0 bridgehead atoms. The SMILES string of the molecule is N=C/C(=C\NCC(F)F)c1ccc2cnc(Cl)cc2c1. The summed E-state index contributed by atoms with van der Waals surface area (Å²) in [7, 11) is 0. The third-order valence-corrected chi connectivity index (χ3v) is 2.91. The number of hydrogen-bond acceptors (Lipinski definition) is 3. The Morgan fingerprint density at radius 1 is 1.35 bits per heavy atom. The van der Waals surface area contributed by atoms with Crippen molar-refractivity contribution in [3.05, 3.63) is 47.4 Å². The van der Waals surface area contributed by atoms with Gasteiger partial charge in [0, 0.05) is 29.6 Å². The predicted octanol–water partition coefficient (Wildman–Crippen LogP) is 3.73. The molecule has 6 heteroatoms. The zero-order valence-electron chi connectivity index (χ0n) is 10.4. The molecule has 0 saturated carbocycles. The largest absolute Gasteiger partial charge is 0.385 e. The van der Waals surface area contributed by atoms with Gasteiger partial charge in [-0.15, -0.1) is 0 Å². The predicted molar refractivity (Wildman–Crippen MR) is 77.5 cm³/mol. The molecule has 0 saturated heterocycles. The molecule has 20 heavy (non-hydrogen) atoms. The Morgan fingerprint density at radius 3 is 2.85 bits per heavy atom. The summed E-state index contributed by atoms with van der Waals surface area (Å²) >= 11 is 5.84. The van der Waals surface area contributed by atoms with Crippen molar-refractivity contribution in [2.24, 2.45) is 0 Å². The van der Waals surface area contributed by atoms with Crippen molar-refractivity contribution in [2.75, 3.05) is 6.54 Å². The number of halogens is 3. The fourth-order valence-electron chi connectivity index (χ4n) is 1.76. The van der Waals surface area contributed by atoms with Crippen molar-refractivity contribution in [1.82, 2.24) is 10.3 Å². The van der Waals surface area contributed by atoms with Gasteiger partial charge in [0.15, 0.2) is 0 Å². The summed E-state index contributed by atoms with van der Waals surface area (Å²) < 4.78 is 24.1. The maximum Gasteiger partial charge on any atom is 0.255 e. The molecule has 0 aliphatic heterocycles. The summed E-state index contributed by atoms with van der Waals surface area (Å²) in [4.78, 5) is 3.98. The standard InChI is InChI=1S/C14H12ClF2N3/c15-13-4-11-3-9(1-2-10(11)7-20-13)12(5-18)6-19-8-14(16)17/h1-7,14,18-19H,8H2/b12-6+,18-5?. The fourth-order valence-corrected chi connectivity index (χ4v) is 1.93. The van der Waals surface area contributed by atoms with Crippen LogP contribution in [0.25, 0.3) is 16.3 Å². The molecule has 0 atom stereocenters. The Hall–Kier alpha value is -2.01. The molecular formula is C14H12ClF2N3. The quantitative estimate of drug-likeness (QED) is 0.652. The first-order chi connectivity index (χ1) is 9.60. The topological polar surface area (TPSA) is 48.8 Å². The van der Waals surface area contributed by atoms with Gasteiger partial charge in [0.1, 0.15) is 5.15 Å². The number of allylic oxidation sites excluding steroid dienone is 1. The van der Waals surface area contributed by atoms with Crippen LogP contribution in [0, 0.1) is 5.41 Å². The van der Waals surface area contributed by atoms with E-state index in [9.17, 15) is 8.78 Å². The Morgan fingerprint density at radius 2 is 2.15 bits per heavy atom. The van der Waals surface area contributed by atoms with Gasteiger partial charge in [-0.1, -0.05) is 23.7 Å². The Kier molecular flexibility index (Phi) is 4.63. The lowest BCUT2D eigenvalue weighted by molar-refractivity contribution is 0.151. The first-order valence-electron chi connectivity index (χ1n) is 5.88. The van der Waals surface area contributed by atoms with E-state index in [0.717, 1.165) is 22.6 Å². The number of nitrogens with zero attached hydrogens (tertiary/aromatic N) is 1. The summed E-state index contributed by atoms with van der Waals surface area (Å²) in [5.41, 5.74) is 1.26. The Bertz CT molecular complexity index is 656. The van der Waals surface area contributed by atoms with Crippen molar-refractivity contribution >= 4 is 34.2 Å². The molecule has 0 unspecified atom stereocenters. The molecule has 0 radical (unpaired) electrons. The van der Waals surface area contributed by atoms with Crippen molar-refractivity contribution in [3.63, 3.8) is 0 Å². The van der Waals surface area contributed by atoms with Crippen molar-refractivity contribution in [2.45, 2.75) is 6.43 Å². The van der Waals surface area contributed by atoms with E-state index < -0.39 is 13.0 Å². The molecule has 104 valence electrons. The van der Waals surface area contributed by atoms with Crippen LogP contribution in [0.1, 0.15) is 5.56 Å². The summed E-state index contributed by atoms with van der Waals surface area (Å²) in [6, 6.07) is 7.20. The Labute approximate surface area is 119 Å².